The molecule has 0 N–H and O–H groups in total. The van der Waals surface area contributed by atoms with E-state index in [1.54, 1.807) is 6.92 Å². The molecular weight excluding hydrogens is 232 g/mol. The van der Waals surface area contributed by atoms with E-state index >= 15 is 0 Å². The van der Waals surface area contributed by atoms with Crippen molar-refractivity contribution in [2.45, 2.75) is 6.92 Å². The van der Waals surface area contributed by atoms with E-state index in [9.17, 15) is 4.79 Å². The lowest BCUT2D eigenvalue weighted by atomic mass is 10.2. The summed E-state index contributed by atoms with van der Waals surface area (Å²) in [6, 6.07) is 7.49. The average molecular weight is 239 g/mol. The molecule has 1 aromatic heterocycles. The number of benzene rings is 1. The zero-order valence-electron chi connectivity index (χ0n) is 7.00. The molecule has 2 aromatic rings. The highest BCUT2D eigenvalue weighted by Crippen LogP contribution is 2.22. The molecule has 0 atom stereocenters. The Balaban J connectivity index is 2.97. The third-order valence-corrected chi connectivity index (χ3v) is 2.51. The van der Waals surface area contributed by atoms with Crippen molar-refractivity contribution in [2.75, 3.05) is 0 Å². The number of para-hydroxylation sites is 1. The Morgan fingerprint density at radius 3 is 2.92 bits per heavy atom. The van der Waals surface area contributed by atoms with Crippen LogP contribution in [0, 0.1) is 6.92 Å². The van der Waals surface area contributed by atoms with Crippen LogP contribution in [0.4, 0.5) is 0 Å². The van der Waals surface area contributed by atoms with Crippen molar-refractivity contribution >= 4 is 26.9 Å². The lowest BCUT2D eigenvalue weighted by Gasteiger charge is -1.98. The molecule has 0 aliphatic rings. The molecule has 0 bridgehead atoms. The van der Waals surface area contributed by atoms with Gasteiger partial charge in [-0.1, -0.05) is 12.1 Å². The zero-order valence-corrected chi connectivity index (χ0v) is 8.59. The standard InChI is InChI=1S/C10H7BrO2/c1-6-5-7-3-2-4-8(11)9(7)13-10(6)12/h2-5H,1H3. The monoisotopic (exact) mass is 238 g/mol. The van der Waals surface area contributed by atoms with E-state index in [4.69, 9.17) is 4.42 Å². The second-order valence-corrected chi connectivity index (χ2v) is 3.73. The molecule has 2 rings (SSSR count). The molecular formula is C10H7BrO2. The van der Waals surface area contributed by atoms with E-state index in [0.717, 1.165) is 9.86 Å². The normalized spacial score (nSPS) is 10.6. The molecule has 0 unspecified atom stereocenters. The molecule has 2 nitrogen and oxygen atoms in total. The SMILES string of the molecule is Cc1cc2cccc(Br)c2oc1=O. The van der Waals surface area contributed by atoms with E-state index < -0.39 is 0 Å². The predicted octanol–water partition coefficient (Wildman–Crippen LogP) is 2.86. The summed E-state index contributed by atoms with van der Waals surface area (Å²) in [6.07, 6.45) is 0. The number of hydrogen-bond donors (Lipinski definition) is 0. The van der Waals surface area contributed by atoms with Gasteiger partial charge in [-0.05, 0) is 35.0 Å². The van der Waals surface area contributed by atoms with Gasteiger partial charge in [0, 0.05) is 10.9 Å². The van der Waals surface area contributed by atoms with E-state index in [1.165, 1.54) is 0 Å². The van der Waals surface area contributed by atoms with Crippen LogP contribution in [0.2, 0.25) is 0 Å². The number of fused-ring (bicyclic) bond motifs is 1. The minimum Gasteiger partial charge on any atom is -0.421 e. The molecule has 13 heavy (non-hydrogen) atoms. The van der Waals surface area contributed by atoms with Crippen LogP contribution in [0.1, 0.15) is 5.56 Å². The van der Waals surface area contributed by atoms with Crippen LogP contribution in [0.3, 0.4) is 0 Å². The van der Waals surface area contributed by atoms with Crippen LogP contribution >= 0.6 is 15.9 Å². The highest BCUT2D eigenvalue weighted by molar-refractivity contribution is 9.10. The summed E-state index contributed by atoms with van der Waals surface area (Å²) in [7, 11) is 0. The van der Waals surface area contributed by atoms with E-state index in [-0.39, 0.29) is 5.63 Å². The van der Waals surface area contributed by atoms with Crippen LogP contribution in [0.15, 0.2) is 37.9 Å². The molecule has 0 radical (unpaired) electrons. The fourth-order valence-electron chi connectivity index (χ4n) is 1.21. The van der Waals surface area contributed by atoms with Crippen molar-refractivity contribution < 1.29 is 4.42 Å². The number of aryl methyl sites for hydroxylation is 1. The van der Waals surface area contributed by atoms with E-state index in [2.05, 4.69) is 15.9 Å². The number of rotatable bonds is 0. The van der Waals surface area contributed by atoms with Gasteiger partial charge < -0.3 is 4.42 Å². The van der Waals surface area contributed by atoms with Gasteiger partial charge in [-0.15, -0.1) is 0 Å². The maximum atomic E-state index is 11.2. The summed E-state index contributed by atoms with van der Waals surface area (Å²) in [5, 5.41) is 0.937. The molecule has 0 amide bonds. The molecule has 1 aromatic carbocycles. The van der Waals surface area contributed by atoms with Crippen molar-refractivity contribution in [3.8, 4) is 0 Å². The lowest BCUT2D eigenvalue weighted by Crippen LogP contribution is -2.01. The molecule has 0 saturated heterocycles. The van der Waals surface area contributed by atoms with Crippen LogP contribution in [-0.4, -0.2) is 0 Å². The summed E-state index contributed by atoms with van der Waals surface area (Å²) in [4.78, 5) is 11.2. The molecule has 0 saturated carbocycles. The molecule has 3 heteroatoms. The van der Waals surface area contributed by atoms with Gasteiger partial charge in [0.25, 0.3) is 0 Å². The summed E-state index contributed by atoms with van der Waals surface area (Å²) in [5.74, 6) is 0. The Hall–Kier alpha value is -1.09. The van der Waals surface area contributed by atoms with Gasteiger partial charge in [-0.3, -0.25) is 0 Å². The van der Waals surface area contributed by atoms with Gasteiger partial charge in [0.15, 0.2) is 5.58 Å². The highest BCUT2D eigenvalue weighted by Gasteiger charge is 2.03. The van der Waals surface area contributed by atoms with Gasteiger partial charge in [-0.25, -0.2) is 4.79 Å². The Morgan fingerprint density at radius 1 is 1.38 bits per heavy atom. The fourth-order valence-corrected chi connectivity index (χ4v) is 1.67. The number of hydrogen-bond acceptors (Lipinski definition) is 2. The summed E-state index contributed by atoms with van der Waals surface area (Å²) >= 11 is 3.32. The minimum atomic E-state index is -0.278. The van der Waals surface area contributed by atoms with Crippen LogP contribution < -0.4 is 5.63 Å². The predicted molar refractivity (Wildman–Crippen MR) is 54.9 cm³/mol. The largest absolute Gasteiger partial charge is 0.421 e. The first-order valence-corrected chi connectivity index (χ1v) is 4.67. The topological polar surface area (TPSA) is 30.2 Å². The van der Waals surface area contributed by atoms with Crippen molar-refractivity contribution in [1.29, 1.82) is 0 Å². The Bertz CT molecular complexity index is 514. The molecule has 0 aliphatic heterocycles. The lowest BCUT2D eigenvalue weighted by molar-refractivity contribution is 0.553. The molecule has 0 aliphatic carbocycles. The average Bonchev–Trinajstić information content (AvgIpc) is 2.09. The summed E-state index contributed by atoms with van der Waals surface area (Å²) in [5.41, 5.74) is 0.961. The van der Waals surface area contributed by atoms with Crippen LogP contribution in [-0.2, 0) is 0 Å². The summed E-state index contributed by atoms with van der Waals surface area (Å²) < 4.78 is 5.93. The first-order chi connectivity index (χ1) is 6.18. The summed E-state index contributed by atoms with van der Waals surface area (Å²) in [6.45, 7) is 1.74. The quantitative estimate of drug-likeness (QED) is 0.661. The van der Waals surface area contributed by atoms with Gasteiger partial charge in [0.05, 0.1) is 4.47 Å². The second kappa shape index (κ2) is 3.00. The first kappa shape index (κ1) is 8.51. The fraction of sp³-hybridized carbons (Fsp3) is 0.100. The van der Waals surface area contributed by atoms with Crippen molar-refractivity contribution in [3.05, 3.63) is 44.7 Å². The Labute approximate surface area is 83.3 Å². The van der Waals surface area contributed by atoms with Gasteiger partial charge in [-0.2, -0.15) is 0 Å². The maximum Gasteiger partial charge on any atom is 0.339 e. The van der Waals surface area contributed by atoms with Crippen LogP contribution in [0.5, 0.6) is 0 Å². The van der Waals surface area contributed by atoms with Crippen molar-refractivity contribution in [1.82, 2.24) is 0 Å². The number of halogens is 1. The molecule has 66 valence electrons. The van der Waals surface area contributed by atoms with Gasteiger partial charge in [0.1, 0.15) is 0 Å². The highest BCUT2D eigenvalue weighted by atomic mass is 79.9. The van der Waals surface area contributed by atoms with E-state index in [1.807, 2.05) is 24.3 Å². The van der Waals surface area contributed by atoms with Gasteiger partial charge in [0.2, 0.25) is 0 Å². The third kappa shape index (κ3) is 1.40. The first-order valence-electron chi connectivity index (χ1n) is 3.87. The zero-order chi connectivity index (χ0) is 9.42. The molecule has 1 heterocycles. The maximum absolute atomic E-state index is 11.2. The minimum absolute atomic E-state index is 0.278. The Kier molecular flexibility index (Phi) is 1.96. The van der Waals surface area contributed by atoms with Gasteiger partial charge >= 0.3 is 5.63 Å². The second-order valence-electron chi connectivity index (χ2n) is 2.88. The molecule has 0 spiro atoms. The third-order valence-electron chi connectivity index (χ3n) is 1.89. The van der Waals surface area contributed by atoms with Crippen LogP contribution in [0.25, 0.3) is 11.0 Å². The Morgan fingerprint density at radius 2 is 2.15 bits per heavy atom. The van der Waals surface area contributed by atoms with Crippen molar-refractivity contribution in [2.24, 2.45) is 0 Å². The smallest absolute Gasteiger partial charge is 0.339 e. The van der Waals surface area contributed by atoms with Crippen molar-refractivity contribution in [3.63, 3.8) is 0 Å². The van der Waals surface area contributed by atoms with E-state index in [0.29, 0.717) is 11.1 Å². The molecule has 0 fully saturated rings.